The summed E-state index contributed by atoms with van der Waals surface area (Å²) in [4.78, 5) is 13.5. The van der Waals surface area contributed by atoms with Crippen LogP contribution < -0.4 is 0 Å². The number of aromatic hydroxyl groups is 1. The average Bonchev–Trinajstić information content (AvgIpc) is 2.27. The Bertz CT molecular complexity index is 435. The molecule has 18 heavy (non-hydrogen) atoms. The van der Waals surface area contributed by atoms with Crippen LogP contribution in [-0.2, 0) is 5.75 Å². The smallest absolute Gasteiger partial charge is 0.163 e. The van der Waals surface area contributed by atoms with Crippen LogP contribution in [-0.4, -0.2) is 42.2 Å². The van der Waals surface area contributed by atoms with Crippen molar-refractivity contribution in [2.75, 3.05) is 26.4 Å². The van der Waals surface area contributed by atoms with Gasteiger partial charge in [0.25, 0.3) is 0 Å². The average molecular weight is 288 g/mol. The van der Waals surface area contributed by atoms with Gasteiger partial charge < -0.3 is 10.0 Å². The van der Waals surface area contributed by atoms with Gasteiger partial charge in [-0.3, -0.25) is 4.79 Å². The maximum Gasteiger partial charge on any atom is 0.163 e. The molecule has 1 aromatic carbocycles. The number of benzene rings is 1. The van der Waals surface area contributed by atoms with Crippen LogP contribution in [0.25, 0.3) is 0 Å². The maximum absolute atomic E-state index is 11.4. The summed E-state index contributed by atoms with van der Waals surface area (Å²) in [5, 5.41) is 10.5. The van der Waals surface area contributed by atoms with Gasteiger partial charge in [0.1, 0.15) is 5.75 Å². The third-order valence-electron chi connectivity index (χ3n) is 2.47. The fraction of sp³-hybridized carbons (Fsp3) is 0.462. The Morgan fingerprint density at radius 3 is 2.67 bits per heavy atom. The number of carbonyl (C=O) groups excluding carboxylic acids is 1. The lowest BCUT2D eigenvalue weighted by molar-refractivity contribution is 0.101. The molecule has 0 aliphatic carbocycles. The quantitative estimate of drug-likeness (QED) is 0.645. The molecule has 0 aliphatic heterocycles. The lowest BCUT2D eigenvalue weighted by Gasteiger charge is -2.11. The molecule has 0 atom stereocenters. The lowest BCUT2D eigenvalue weighted by atomic mass is 10.1. The first kappa shape index (κ1) is 15.3. The summed E-state index contributed by atoms with van der Waals surface area (Å²) in [6.07, 6.45) is 0. The molecule has 0 aliphatic rings. The number of rotatable bonds is 6. The predicted octanol–water partition coefficient (Wildman–Crippen LogP) is 3.04. The molecule has 0 aromatic heterocycles. The van der Waals surface area contributed by atoms with Crippen LogP contribution in [0.3, 0.4) is 0 Å². The fourth-order valence-corrected chi connectivity index (χ4v) is 2.78. The van der Waals surface area contributed by atoms with Gasteiger partial charge in [-0.15, -0.1) is 0 Å². The summed E-state index contributed by atoms with van der Waals surface area (Å²) in [6.45, 7) is 2.40. The first-order valence-corrected chi connectivity index (χ1v) is 7.20. The van der Waals surface area contributed by atoms with Gasteiger partial charge in [0.15, 0.2) is 5.78 Å². The normalized spacial score (nSPS) is 10.9. The molecule has 0 unspecified atom stereocenters. The van der Waals surface area contributed by atoms with E-state index in [1.54, 1.807) is 17.8 Å². The first-order chi connectivity index (χ1) is 8.41. The highest BCUT2D eigenvalue weighted by molar-refractivity contribution is 7.98. The van der Waals surface area contributed by atoms with Crippen molar-refractivity contribution in [1.82, 2.24) is 4.90 Å². The highest BCUT2D eigenvalue weighted by atomic mass is 35.5. The number of ketones is 1. The molecule has 0 spiro atoms. The fourth-order valence-electron chi connectivity index (χ4n) is 1.46. The molecular formula is C13H18ClNO2S. The molecule has 1 rings (SSSR count). The van der Waals surface area contributed by atoms with E-state index >= 15 is 0 Å². The number of phenolic OH excluding ortho intramolecular Hbond substituents is 1. The van der Waals surface area contributed by atoms with Crippen molar-refractivity contribution in [3.8, 4) is 5.75 Å². The number of carbonyl (C=O) groups is 1. The largest absolute Gasteiger partial charge is 0.507 e. The minimum Gasteiger partial charge on any atom is -0.507 e. The zero-order valence-electron chi connectivity index (χ0n) is 10.9. The SMILES string of the molecule is CC(=O)c1cc(Cl)cc(CSCCN(C)C)c1O. The van der Waals surface area contributed by atoms with Crippen molar-refractivity contribution in [2.45, 2.75) is 12.7 Å². The molecule has 0 fully saturated rings. The third-order valence-corrected chi connectivity index (χ3v) is 3.68. The highest BCUT2D eigenvalue weighted by Crippen LogP contribution is 2.30. The molecule has 0 radical (unpaired) electrons. The number of thioether (sulfide) groups is 1. The van der Waals surface area contributed by atoms with E-state index in [1.165, 1.54) is 13.0 Å². The first-order valence-electron chi connectivity index (χ1n) is 5.66. The Labute approximate surface area is 117 Å². The molecule has 3 nitrogen and oxygen atoms in total. The Morgan fingerprint density at radius 1 is 1.44 bits per heavy atom. The van der Waals surface area contributed by atoms with Gasteiger partial charge in [-0.05, 0) is 33.2 Å². The van der Waals surface area contributed by atoms with Gasteiger partial charge in [-0.2, -0.15) is 11.8 Å². The molecule has 0 amide bonds. The topological polar surface area (TPSA) is 40.5 Å². The zero-order chi connectivity index (χ0) is 13.7. The van der Waals surface area contributed by atoms with Crippen LogP contribution in [0.5, 0.6) is 5.75 Å². The summed E-state index contributed by atoms with van der Waals surface area (Å²) in [5.74, 6) is 1.51. The van der Waals surface area contributed by atoms with E-state index in [0.717, 1.165) is 17.9 Å². The van der Waals surface area contributed by atoms with E-state index in [9.17, 15) is 9.90 Å². The lowest BCUT2D eigenvalue weighted by Crippen LogP contribution is -2.14. The van der Waals surface area contributed by atoms with Crippen LogP contribution >= 0.6 is 23.4 Å². The number of hydrogen-bond donors (Lipinski definition) is 1. The van der Waals surface area contributed by atoms with Gasteiger partial charge in [0.05, 0.1) is 5.56 Å². The van der Waals surface area contributed by atoms with Gasteiger partial charge >= 0.3 is 0 Å². The van der Waals surface area contributed by atoms with Gasteiger partial charge in [-0.1, -0.05) is 11.6 Å². The number of halogens is 1. The van der Waals surface area contributed by atoms with E-state index in [0.29, 0.717) is 16.3 Å². The van der Waals surface area contributed by atoms with Crippen LogP contribution in [0, 0.1) is 0 Å². The van der Waals surface area contributed by atoms with E-state index in [1.807, 2.05) is 14.1 Å². The van der Waals surface area contributed by atoms with Crippen molar-refractivity contribution >= 4 is 29.1 Å². The maximum atomic E-state index is 11.4. The van der Waals surface area contributed by atoms with Gasteiger partial charge in [0.2, 0.25) is 0 Å². The minimum absolute atomic E-state index is 0.0595. The van der Waals surface area contributed by atoms with Crippen molar-refractivity contribution in [1.29, 1.82) is 0 Å². The summed E-state index contributed by atoms with van der Waals surface area (Å²) in [5.41, 5.74) is 1.02. The van der Waals surface area contributed by atoms with E-state index < -0.39 is 0 Å². The van der Waals surface area contributed by atoms with Crippen molar-refractivity contribution < 1.29 is 9.90 Å². The zero-order valence-corrected chi connectivity index (χ0v) is 12.4. The number of phenols is 1. The molecule has 5 heteroatoms. The van der Waals surface area contributed by atoms with E-state index in [2.05, 4.69) is 4.90 Å². The second kappa shape index (κ2) is 7.02. The van der Waals surface area contributed by atoms with Crippen molar-refractivity contribution in [3.05, 3.63) is 28.3 Å². The standard InChI is InChI=1S/C13H18ClNO2S/c1-9(16)12-7-11(14)6-10(13(12)17)8-18-5-4-15(2)3/h6-7,17H,4-5,8H2,1-3H3. The van der Waals surface area contributed by atoms with E-state index in [-0.39, 0.29) is 11.5 Å². The Morgan fingerprint density at radius 2 is 2.11 bits per heavy atom. The summed E-state index contributed by atoms with van der Waals surface area (Å²) in [6, 6.07) is 3.22. The Balaban J connectivity index is 2.73. The Hall–Kier alpha value is -0.710. The van der Waals surface area contributed by atoms with Crippen molar-refractivity contribution in [2.24, 2.45) is 0 Å². The second-order valence-corrected chi connectivity index (χ2v) is 5.91. The van der Waals surface area contributed by atoms with Crippen LogP contribution in [0.1, 0.15) is 22.8 Å². The molecule has 0 bridgehead atoms. The van der Waals surface area contributed by atoms with Crippen molar-refractivity contribution in [3.63, 3.8) is 0 Å². The van der Waals surface area contributed by atoms with Gasteiger partial charge in [-0.25, -0.2) is 0 Å². The molecular weight excluding hydrogens is 270 g/mol. The second-order valence-electron chi connectivity index (χ2n) is 4.37. The summed E-state index contributed by atoms with van der Waals surface area (Å²) < 4.78 is 0. The Kier molecular flexibility index (Phi) is 5.99. The van der Waals surface area contributed by atoms with Crippen LogP contribution in [0.15, 0.2) is 12.1 Å². The van der Waals surface area contributed by atoms with Gasteiger partial charge in [0, 0.05) is 28.6 Å². The molecule has 0 saturated carbocycles. The number of Topliss-reactive ketones (excluding diaryl/α,β-unsaturated/α-hetero) is 1. The number of nitrogens with zero attached hydrogens (tertiary/aromatic N) is 1. The van der Waals surface area contributed by atoms with Crippen LogP contribution in [0.2, 0.25) is 5.02 Å². The molecule has 100 valence electrons. The highest BCUT2D eigenvalue weighted by Gasteiger charge is 2.12. The van der Waals surface area contributed by atoms with E-state index in [4.69, 9.17) is 11.6 Å². The molecule has 0 saturated heterocycles. The monoisotopic (exact) mass is 287 g/mol. The third kappa shape index (κ3) is 4.52. The predicted molar refractivity (Wildman–Crippen MR) is 77.8 cm³/mol. The summed E-state index contributed by atoms with van der Waals surface area (Å²) in [7, 11) is 4.04. The molecule has 0 heterocycles. The molecule has 1 aromatic rings. The molecule has 1 N–H and O–H groups in total. The minimum atomic E-state index is -0.172. The van der Waals surface area contributed by atoms with Crippen LogP contribution in [0.4, 0.5) is 0 Å². The number of hydrogen-bond acceptors (Lipinski definition) is 4. The summed E-state index contributed by atoms with van der Waals surface area (Å²) >= 11 is 7.65.